The number of hydrogen-bond donors (Lipinski definition) is 0. The van der Waals surface area contributed by atoms with Gasteiger partial charge in [-0.2, -0.15) is 0 Å². The highest BCUT2D eigenvalue weighted by atomic mass is 16.2. The van der Waals surface area contributed by atoms with E-state index in [0.717, 1.165) is 29.2 Å². The molecule has 0 heterocycles. The minimum absolute atomic E-state index is 0.215. The monoisotopic (exact) mass is 247 g/mol. The van der Waals surface area contributed by atoms with Crippen LogP contribution in [-0.2, 0) is 4.79 Å². The van der Waals surface area contributed by atoms with Crippen molar-refractivity contribution in [3.63, 3.8) is 0 Å². The molecule has 4 rings (SSSR count). The van der Waals surface area contributed by atoms with E-state index in [9.17, 15) is 4.79 Å². The summed E-state index contributed by atoms with van der Waals surface area (Å²) in [6.45, 7) is 4.01. The molecule has 1 amide bonds. The Bertz CT molecular complexity index is 353. The number of allylic oxidation sites excluding steroid dienone is 1. The van der Waals surface area contributed by atoms with E-state index in [0.29, 0.717) is 6.04 Å². The molecule has 0 aromatic heterocycles. The van der Waals surface area contributed by atoms with Gasteiger partial charge in [-0.25, -0.2) is 0 Å². The highest BCUT2D eigenvalue weighted by Crippen LogP contribution is 2.54. The number of carbonyl (C=O) groups is 1. The Hall–Kier alpha value is -0.790. The molecule has 0 N–H and O–H groups in total. The van der Waals surface area contributed by atoms with Crippen molar-refractivity contribution in [1.82, 2.24) is 4.90 Å². The molecular weight excluding hydrogens is 222 g/mol. The molecule has 0 atom stereocenters. The summed E-state index contributed by atoms with van der Waals surface area (Å²) in [6.07, 6.45) is 8.79. The van der Waals surface area contributed by atoms with Crippen LogP contribution in [0.4, 0.5) is 0 Å². The summed E-state index contributed by atoms with van der Waals surface area (Å²) in [7, 11) is 2.02. The summed E-state index contributed by atoms with van der Waals surface area (Å²) in [4.78, 5) is 14.3. The van der Waals surface area contributed by atoms with Crippen LogP contribution in [0.15, 0.2) is 11.6 Å². The van der Waals surface area contributed by atoms with Gasteiger partial charge in [0, 0.05) is 19.2 Å². The van der Waals surface area contributed by atoms with Gasteiger partial charge in [0.25, 0.3) is 0 Å². The molecular formula is C16H25NO. The van der Waals surface area contributed by atoms with Gasteiger partial charge in [-0.3, -0.25) is 4.79 Å². The second kappa shape index (κ2) is 4.40. The second-order valence-corrected chi connectivity index (χ2v) is 7.09. The third kappa shape index (κ3) is 2.00. The molecule has 18 heavy (non-hydrogen) atoms. The van der Waals surface area contributed by atoms with Crippen LogP contribution in [0.1, 0.15) is 46.0 Å². The van der Waals surface area contributed by atoms with Crippen LogP contribution in [0.3, 0.4) is 0 Å². The summed E-state index contributed by atoms with van der Waals surface area (Å²) < 4.78 is 0. The SMILES string of the molecule is CC(C)=CC(=O)N(C)C1C2CC3CC(C2)CC1C3. The van der Waals surface area contributed by atoms with Gasteiger partial charge >= 0.3 is 0 Å². The second-order valence-electron chi connectivity index (χ2n) is 7.09. The smallest absolute Gasteiger partial charge is 0.246 e. The predicted octanol–water partition coefficient (Wildman–Crippen LogP) is 3.24. The van der Waals surface area contributed by atoms with Gasteiger partial charge in [0.15, 0.2) is 0 Å². The zero-order valence-electron chi connectivity index (χ0n) is 11.9. The number of hydrogen-bond acceptors (Lipinski definition) is 1. The zero-order valence-corrected chi connectivity index (χ0v) is 11.9. The van der Waals surface area contributed by atoms with Gasteiger partial charge in [-0.1, -0.05) is 5.57 Å². The largest absolute Gasteiger partial charge is 0.339 e. The molecule has 0 aliphatic heterocycles. The Balaban J connectivity index is 1.76. The summed E-state index contributed by atoms with van der Waals surface area (Å²) in [5.74, 6) is 3.76. The molecule has 0 radical (unpaired) electrons. The normalized spacial score (nSPS) is 40.7. The maximum absolute atomic E-state index is 12.2. The van der Waals surface area contributed by atoms with E-state index >= 15 is 0 Å². The van der Waals surface area contributed by atoms with Gasteiger partial charge < -0.3 is 4.90 Å². The molecule has 2 nitrogen and oxygen atoms in total. The van der Waals surface area contributed by atoms with E-state index < -0.39 is 0 Å². The Kier molecular flexibility index (Phi) is 2.99. The fourth-order valence-corrected chi connectivity index (χ4v) is 5.02. The van der Waals surface area contributed by atoms with E-state index in [1.165, 1.54) is 32.1 Å². The molecule has 0 unspecified atom stereocenters. The molecule has 4 saturated carbocycles. The van der Waals surface area contributed by atoms with Crippen LogP contribution in [0.25, 0.3) is 0 Å². The van der Waals surface area contributed by atoms with Crippen LogP contribution in [0.2, 0.25) is 0 Å². The Morgan fingerprint density at radius 1 is 1.00 bits per heavy atom. The third-order valence-corrected chi connectivity index (χ3v) is 5.38. The number of nitrogens with zero attached hydrogens (tertiary/aromatic N) is 1. The van der Waals surface area contributed by atoms with Crippen molar-refractivity contribution in [2.24, 2.45) is 23.7 Å². The van der Waals surface area contributed by atoms with Crippen molar-refractivity contribution in [3.8, 4) is 0 Å². The molecule has 4 bridgehead atoms. The van der Waals surface area contributed by atoms with Gasteiger partial charge in [0.05, 0.1) is 0 Å². The molecule has 0 saturated heterocycles. The van der Waals surface area contributed by atoms with Gasteiger partial charge in [0.2, 0.25) is 5.91 Å². The van der Waals surface area contributed by atoms with Gasteiger partial charge in [-0.05, 0) is 69.6 Å². The van der Waals surface area contributed by atoms with E-state index in [1.807, 2.05) is 20.9 Å². The summed E-state index contributed by atoms with van der Waals surface area (Å²) in [5.41, 5.74) is 1.11. The topological polar surface area (TPSA) is 20.3 Å². The van der Waals surface area contributed by atoms with Crippen LogP contribution in [0.5, 0.6) is 0 Å². The molecule has 0 spiro atoms. The van der Waals surface area contributed by atoms with E-state index in [1.54, 1.807) is 6.08 Å². The first-order chi connectivity index (χ1) is 8.54. The maximum Gasteiger partial charge on any atom is 0.246 e. The van der Waals surface area contributed by atoms with Crippen molar-refractivity contribution >= 4 is 5.91 Å². The fourth-order valence-electron chi connectivity index (χ4n) is 5.02. The van der Waals surface area contributed by atoms with Gasteiger partial charge in [-0.15, -0.1) is 0 Å². The molecule has 4 fully saturated rings. The lowest BCUT2D eigenvalue weighted by Crippen LogP contribution is -2.56. The minimum atomic E-state index is 0.215. The van der Waals surface area contributed by atoms with Crippen LogP contribution in [0, 0.1) is 23.7 Å². The molecule has 0 aromatic rings. The molecule has 2 heteroatoms. The van der Waals surface area contributed by atoms with Crippen LogP contribution >= 0.6 is 0 Å². The zero-order chi connectivity index (χ0) is 12.9. The van der Waals surface area contributed by atoms with Crippen molar-refractivity contribution in [1.29, 1.82) is 0 Å². The number of amides is 1. The molecule has 4 aliphatic carbocycles. The average Bonchev–Trinajstić information content (AvgIpc) is 2.26. The lowest BCUT2D eigenvalue weighted by Gasteiger charge is -2.56. The number of likely N-dealkylation sites (N-methyl/N-ethyl adjacent to an activating group) is 1. The fraction of sp³-hybridized carbons (Fsp3) is 0.812. The van der Waals surface area contributed by atoms with Crippen LogP contribution < -0.4 is 0 Å². The average molecular weight is 247 g/mol. The highest BCUT2D eigenvalue weighted by Gasteiger charge is 2.50. The predicted molar refractivity (Wildman–Crippen MR) is 73.0 cm³/mol. The lowest BCUT2D eigenvalue weighted by atomic mass is 9.54. The third-order valence-electron chi connectivity index (χ3n) is 5.38. The van der Waals surface area contributed by atoms with E-state index in [-0.39, 0.29) is 5.91 Å². The molecule has 4 aliphatic rings. The summed E-state index contributed by atoms with van der Waals surface area (Å²) in [5, 5.41) is 0. The number of carbonyl (C=O) groups excluding carboxylic acids is 1. The van der Waals surface area contributed by atoms with Crippen molar-refractivity contribution < 1.29 is 4.79 Å². The van der Waals surface area contributed by atoms with Crippen molar-refractivity contribution in [2.45, 2.75) is 52.0 Å². The van der Waals surface area contributed by atoms with E-state index in [4.69, 9.17) is 0 Å². The number of rotatable bonds is 2. The summed E-state index contributed by atoms with van der Waals surface area (Å²) in [6, 6.07) is 0.529. The van der Waals surface area contributed by atoms with Crippen LogP contribution in [-0.4, -0.2) is 23.9 Å². The lowest BCUT2D eigenvalue weighted by molar-refractivity contribution is -0.135. The summed E-state index contributed by atoms with van der Waals surface area (Å²) >= 11 is 0. The minimum Gasteiger partial charge on any atom is -0.339 e. The Morgan fingerprint density at radius 2 is 1.50 bits per heavy atom. The Morgan fingerprint density at radius 3 is 1.94 bits per heavy atom. The molecule has 100 valence electrons. The first kappa shape index (κ1) is 12.3. The maximum atomic E-state index is 12.2. The van der Waals surface area contributed by atoms with E-state index in [2.05, 4.69) is 4.90 Å². The molecule has 0 aromatic carbocycles. The first-order valence-electron chi connectivity index (χ1n) is 7.46. The standard InChI is InChI=1S/C16H25NO/c1-10(2)4-15(18)17(3)16-13-6-11-5-12(8-13)9-14(16)7-11/h4,11-14,16H,5-9H2,1-3H3. The van der Waals surface area contributed by atoms with Crippen molar-refractivity contribution in [3.05, 3.63) is 11.6 Å². The highest BCUT2D eigenvalue weighted by molar-refractivity contribution is 5.88. The Labute approximate surface area is 110 Å². The van der Waals surface area contributed by atoms with Crippen molar-refractivity contribution in [2.75, 3.05) is 7.05 Å². The quantitative estimate of drug-likeness (QED) is 0.686. The van der Waals surface area contributed by atoms with Gasteiger partial charge in [0.1, 0.15) is 0 Å². The first-order valence-corrected chi connectivity index (χ1v) is 7.46.